The third-order valence-corrected chi connectivity index (χ3v) is 3.21. The van der Waals surface area contributed by atoms with Crippen molar-refractivity contribution in [3.8, 4) is 0 Å². The van der Waals surface area contributed by atoms with Crippen LogP contribution in [0.5, 0.6) is 0 Å². The number of esters is 2. The zero-order chi connectivity index (χ0) is 13.6. The third kappa shape index (κ3) is 1.48. The van der Waals surface area contributed by atoms with E-state index in [9.17, 15) is 9.59 Å². The molecule has 5 nitrogen and oxygen atoms in total. The number of rotatable bonds is 2. The maximum Gasteiger partial charge on any atom is 0.340 e. The van der Waals surface area contributed by atoms with Crippen LogP contribution in [0.4, 0.5) is 0 Å². The fourth-order valence-electron chi connectivity index (χ4n) is 2.37. The summed E-state index contributed by atoms with van der Waals surface area (Å²) in [5.74, 6) is -1.11. The maximum atomic E-state index is 11.9. The molecule has 3 aromatic heterocycles. The molecular weight excluding hydrogens is 246 g/mol. The van der Waals surface area contributed by atoms with E-state index in [2.05, 4.69) is 0 Å². The zero-order valence-electron chi connectivity index (χ0n) is 10.5. The summed E-state index contributed by atoms with van der Waals surface area (Å²) in [6.45, 7) is 0. The number of pyridine rings is 1. The average molecular weight is 257 g/mol. The Morgan fingerprint density at radius 1 is 0.947 bits per heavy atom. The van der Waals surface area contributed by atoms with Crippen LogP contribution in [0.3, 0.4) is 0 Å². The molecule has 0 atom stereocenters. The number of hydrogen-bond donors (Lipinski definition) is 0. The number of ether oxygens (including phenoxy) is 2. The zero-order valence-corrected chi connectivity index (χ0v) is 10.5. The number of aromatic nitrogens is 1. The SMILES string of the molecule is COC(=O)c1cc2ccc3ccc(c1C(=O)OC)n32. The van der Waals surface area contributed by atoms with Crippen molar-refractivity contribution in [2.75, 3.05) is 14.2 Å². The number of carbonyl (C=O) groups excluding carboxylic acids is 2. The van der Waals surface area contributed by atoms with Crippen molar-refractivity contribution >= 4 is 28.5 Å². The van der Waals surface area contributed by atoms with E-state index in [0.717, 1.165) is 11.0 Å². The van der Waals surface area contributed by atoms with Gasteiger partial charge >= 0.3 is 11.9 Å². The van der Waals surface area contributed by atoms with Crippen molar-refractivity contribution in [2.24, 2.45) is 0 Å². The van der Waals surface area contributed by atoms with Crippen LogP contribution >= 0.6 is 0 Å². The molecule has 0 saturated carbocycles. The maximum absolute atomic E-state index is 11.9. The lowest BCUT2D eigenvalue weighted by Crippen LogP contribution is -2.13. The standard InChI is InChI=1S/C14H11NO4/c1-18-13(16)10-7-9-4-3-8-5-6-11(15(8)9)12(10)14(17)19-2/h3-7H,1-2H3. The van der Waals surface area contributed by atoms with Gasteiger partial charge < -0.3 is 13.9 Å². The van der Waals surface area contributed by atoms with Crippen LogP contribution in [0, 0.1) is 0 Å². The first-order valence-electron chi connectivity index (χ1n) is 5.70. The van der Waals surface area contributed by atoms with Gasteiger partial charge in [-0.2, -0.15) is 0 Å². The van der Waals surface area contributed by atoms with Crippen LogP contribution in [0.2, 0.25) is 0 Å². The van der Waals surface area contributed by atoms with Gasteiger partial charge in [-0.25, -0.2) is 9.59 Å². The smallest absolute Gasteiger partial charge is 0.340 e. The minimum Gasteiger partial charge on any atom is -0.465 e. The fourth-order valence-corrected chi connectivity index (χ4v) is 2.37. The Balaban J connectivity index is 2.44. The number of carbonyl (C=O) groups is 2. The largest absolute Gasteiger partial charge is 0.465 e. The lowest BCUT2D eigenvalue weighted by molar-refractivity contribution is 0.0557. The Bertz CT molecular complexity index is 787. The highest BCUT2D eigenvalue weighted by Gasteiger charge is 2.24. The molecular formula is C14H11NO4. The molecule has 0 radical (unpaired) electrons. The first kappa shape index (κ1) is 11.5. The van der Waals surface area contributed by atoms with Crippen molar-refractivity contribution in [2.45, 2.75) is 0 Å². The predicted octanol–water partition coefficient (Wildman–Crippen LogP) is 2.10. The highest BCUT2D eigenvalue weighted by atomic mass is 16.5. The molecule has 0 spiro atoms. The molecule has 0 N–H and O–H groups in total. The van der Waals surface area contributed by atoms with Gasteiger partial charge in [0.05, 0.1) is 30.9 Å². The van der Waals surface area contributed by atoms with Gasteiger partial charge in [-0.3, -0.25) is 0 Å². The van der Waals surface area contributed by atoms with Crippen molar-refractivity contribution in [1.82, 2.24) is 4.40 Å². The van der Waals surface area contributed by atoms with Crippen molar-refractivity contribution in [3.63, 3.8) is 0 Å². The van der Waals surface area contributed by atoms with Crippen molar-refractivity contribution in [1.29, 1.82) is 0 Å². The Hall–Kier alpha value is -2.56. The summed E-state index contributed by atoms with van der Waals surface area (Å²) in [5, 5.41) is 0. The van der Waals surface area contributed by atoms with E-state index < -0.39 is 11.9 Å². The Morgan fingerprint density at radius 2 is 1.58 bits per heavy atom. The second kappa shape index (κ2) is 3.98. The van der Waals surface area contributed by atoms with Crippen LogP contribution in [0.1, 0.15) is 20.7 Å². The van der Waals surface area contributed by atoms with Gasteiger partial charge in [-0.15, -0.1) is 0 Å². The van der Waals surface area contributed by atoms with E-state index in [1.165, 1.54) is 14.2 Å². The minimum absolute atomic E-state index is 0.216. The molecule has 0 saturated heterocycles. The molecule has 0 aliphatic heterocycles. The second-order valence-corrected chi connectivity index (χ2v) is 4.15. The van der Waals surface area contributed by atoms with Crippen molar-refractivity contribution < 1.29 is 19.1 Å². The lowest BCUT2D eigenvalue weighted by atomic mass is 10.1. The highest BCUT2D eigenvalue weighted by Crippen LogP contribution is 2.27. The molecule has 0 fully saturated rings. The van der Waals surface area contributed by atoms with Crippen LogP contribution in [0.15, 0.2) is 30.3 Å². The van der Waals surface area contributed by atoms with Gasteiger partial charge in [0.1, 0.15) is 0 Å². The summed E-state index contributed by atoms with van der Waals surface area (Å²) in [4.78, 5) is 23.8. The molecule has 0 aromatic carbocycles. The number of methoxy groups -OCH3 is 2. The molecule has 3 aromatic rings. The molecule has 0 bridgehead atoms. The molecule has 5 heteroatoms. The first-order valence-corrected chi connectivity index (χ1v) is 5.70. The summed E-state index contributed by atoms with van der Waals surface area (Å²) >= 11 is 0. The van der Waals surface area contributed by atoms with E-state index >= 15 is 0 Å². The first-order chi connectivity index (χ1) is 9.17. The molecule has 3 heterocycles. The summed E-state index contributed by atoms with van der Waals surface area (Å²) < 4.78 is 11.4. The molecule has 0 amide bonds. The van der Waals surface area contributed by atoms with Gasteiger partial charge in [0.2, 0.25) is 0 Å². The Kier molecular flexibility index (Phi) is 2.41. The van der Waals surface area contributed by atoms with E-state index in [-0.39, 0.29) is 11.1 Å². The lowest BCUT2D eigenvalue weighted by Gasteiger charge is -2.09. The number of hydrogen-bond acceptors (Lipinski definition) is 4. The van der Waals surface area contributed by atoms with E-state index in [1.807, 2.05) is 22.6 Å². The molecule has 19 heavy (non-hydrogen) atoms. The predicted molar refractivity (Wildman–Crippen MR) is 68.8 cm³/mol. The minimum atomic E-state index is -0.554. The van der Waals surface area contributed by atoms with Crippen molar-refractivity contribution in [3.05, 3.63) is 41.5 Å². The van der Waals surface area contributed by atoms with Gasteiger partial charge in [0.25, 0.3) is 0 Å². The molecule has 0 unspecified atom stereocenters. The van der Waals surface area contributed by atoms with E-state index in [1.54, 1.807) is 12.1 Å². The van der Waals surface area contributed by atoms with Crippen LogP contribution in [0.25, 0.3) is 16.6 Å². The van der Waals surface area contributed by atoms with Gasteiger partial charge in [-0.05, 0) is 30.3 Å². The van der Waals surface area contributed by atoms with Gasteiger partial charge in [0, 0.05) is 11.0 Å². The summed E-state index contributed by atoms with van der Waals surface area (Å²) in [6, 6.07) is 9.12. The van der Waals surface area contributed by atoms with Crippen LogP contribution in [-0.2, 0) is 9.47 Å². The van der Waals surface area contributed by atoms with Crippen LogP contribution in [-0.4, -0.2) is 30.6 Å². The highest BCUT2D eigenvalue weighted by molar-refractivity contribution is 6.09. The molecule has 0 aliphatic carbocycles. The molecule has 96 valence electrons. The van der Waals surface area contributed by atoms with Gasteiger partial charge in [-0.1, -0.05) is 0 Å². The summed E-state index contributed by atoms with van der Waals surface area (Å²) in [6.07, 6.45) is 0. The van der Waals surface area contributed by atoms with Crippen LogP contribution < -0.4 is 0 Å². The topological polar surface area (TPSA) is 57.0 Å². The van der Waals surface area contributed by atoms with Gasteiger partial charge in [0.15, 0.2) is 0 Å². The Labute approximate surface area is 108 Å². The Morgan fingerprint density at radius 3 is 2.26 bits per heavy atom. The molecule has 3 rings (SSSR count). The third-order valence-electron chi connectivity index (χ3n) is 3.21. The summed E-state index contributed by atoms with van der Waals surface area (Å²) in [5.41, 5.74) is 2.89. The normalized spacial score (nSPS) is 11.1. The second-order valence-electron chi connectivity index (χ2n) is 4.15. The summed E-state index contributed by atoms with van der Waals surface area (Å²) in [7, 11) is 2.57. The number of nitrogens with zero attached hydrogens (tertiary/aromatic N) is 1. The quantitative estimate of drug-likeness (QED) is 0.660. The average Bonchev–Trinajstić information content (AvgIpc) is 3.03. The van der Waals surface area contributed by atoms with E-state index in [0.29, 0.717) is 5.52 Å². The van der Waals surface area contributed by atoms with E-state index in [4.69, 9.17) is 9.47 Å². The fraction of sp³-hybridized carbons (Fsp3) is 0.143. The molecule has 0 aliphatic rings. The monoisotopic (exact) mass is 257 g/mol.